The second-order valence-corrected chi connectivity index (χ2v) is 7.45. The molecule has 1 heterocycles. The van der Waals surface area contributed by atoms with Gasteiger partial charge in [-0.2, -0.15) is 0 Å². The lowest BCUT2D eigenvalue weighted by molar-refractivity contribution is -0.114. The van der Waals surface area contributed by atoms with Crippen molar-refractivity contribution in [2.24, 2.45) is 4.99 Å². The summed E-state index contributed by atoms with van der Waals surface area (Å²) in [5.74, 6) is 0.552. The number of anilines is 1. The van der Waals surface area contributed by atoms with Gasteiger partial charge in [-0.3, -0.25) is 4.79 Å². The number of phenols is 1. The van der Waals surface area contributed by atoms with Crippen LogP contribution >= 0.6 is 11.3 Å². The molecule has 0 aliphatic heterocycles. The second-order valence-electron chi connectivity index (χ2n) is 6.50. The third kappa shape index (κ3) is 6.07. The number of nitrogens with zero attached hydrogens (tertiary/aromatic N) is 1. The van der Waals surface area contributed by atoms with E-state index >= 15 is 0 Å². The standard InChI is InChI=1S/C19H26N4O2S/c1-4-20-18(22-13-19(2,3)16-6-5-11-26-16)21-12-17(25)23-14-7-9-15(24)10-8-14/h5-11,24H,4,12-13H2,1-3H3,(H,23,25)(H2,20,21,22). The summed E-state index contributed by atoms with van der Waals surface area (Å²) in [5, 5.41) is 20.6. The van der Waals surface area contributed by atoms with Crippen molar-refractivity contribution in [1.29, 1.82) is 0 Å². The summed E-state index contributed by atoms with van der Waals surface area (Å²) in [5.41, 5.74) is 0.596. The van der Waals surface area contributed by atoms with E-state index in [1.165, 1.54) is 17.0 Å². The first-order chi connectivity index (χ1) is 12.4. The van der Waals surface area contributed by atoms with Crippen LogP contribution in [0.2, 0.25) is 0 Å². The third-order valence-electron chi connectivity index (χ3n) is 3.76. The van der Waals surface area contributed by atoms with E-state index in [-0.39, 0.29) is 23.6 Å². The van der Waals surface area contributed by atoms with Crippen molar-refractivity contribution in [3.05, 3.63) is 46.7 Å². The largest absolute Gasteiger partial charge is 0.508 e. The van der Waals surface area contributed by atoms with Crippen LogP contribution in [0.5, 0.6) is 5.75 Å². The molecule has 2 aromatic rings. The topological polar surface area (TPSA) is 85.8 Å². The van der Waals surface area contributed by atoms with E-state index in [0.29, 0.717) is 24.7 Å². The first-order valence-corrected chi connectivity index (χ1v) is 9.44. The average molecular weight is 375 g/mol. The minimum Gasteiger partial charge on any atom is -0.508 e. The first-order valence-electron chi connectivity index (χ1n) is 8.56. The normalized spacial score (nSPS) is 11.9. The number of benzene rings is 1. The molecule has 1 aromatic heterocycles. The van der Waals surface area contributed by atoms with E-state index in [1.54, 1.807) is 23.5 Å². The highest BCUT2D eigenvalue weighted by Crippen LogP contribution is 2.26. The molecule has 0 saturated carbocycles. The number of nitrogens with one attached hydrogen (secondary N) is 3. The molecule has 26 heavy (non-hydrogen) atoms. The maximum Gasteiger partial charge on any atom is 0.246 e. The van der Waals surface area contributed by atoms with Gasteiger partial charge in [0, 0.05) is 29.1 Å². The molecule has 0 bridgehead atoms. The molecule has 140 valence electrons. The number of amides is 1. The Morgan fingerprint density at radius 1 is 1.19 bits per heavy atom. The lowest BCUT2D eigenvalue weighted by Crippen LogP contribution is -2.43. The molecule has 0 spiro atoms. The molecule has 0 radical (unpaired) electrons. The van der Waals surface area contributed by atoms with E-state index in [2.05, 4.69) is 52.3 Å². The van der Waals surface area contributed by atoms with Crippen LogP contribution in [0.3, 0.4) is 0 Å². The van der Waals surface area contributed by atoms with Crippen LogP contribution in [-0.2, 0) is 10.2 Å². The Hall–Kier alpha value is -2.54. The van der Waals surface area contributed by atoms with E-state index < -0.39 is 0 Å². The number of carbonyl (C=O) groups is 1. The molecule has 1 aromatic carbocycles. The highest BCUT2D eigenvalue weighted by atomic mass is 32.1. The second kappa shape index (κ2) is 9.24. The number of carbonyl (C=O) groups excluding carboxylic acids is 1. The molecular formula is C19H26N4O2S. The number of hydrogen-bond acceptors (Lipinski definition) is 4. The van der Waals surface area contributed by atoms with E-state index in [9.17, 15) is 9.90 Å². The Morgan fingerprint density at radius 2 is 1.92 bits per heavy atom. The number of aromatic hydroxyl groups is 1. The summed E-state index contributed by atoms with van der Waals surface area (Å²) in [7, 11) is 0. The van der Waals surface area contributed by atoms with Gasteiger partial charge < -0.3 is 21.1 Å². The van der Waals surface area contributed by atoms with Gasteiger partial charge in [-0.05, 0) is 42.6 Å². The van der Waals surface area contributed by atoms with Crippen molar-refractivity contribution in [3.63, 3.8) is 0 Å². The molecule has 0 aliphatic carbocycles. The van der Waals surface area contributed by atoms with Crippen molar-refractivity contribution in [3.8, 4) is 5.75 Å². The fourth-order valence-corrected chi connectivity index (χ4v) is 3.15. The van der Waals surface area contributed by atoms with Gasteiger partial charge in [0.2, 0.25) is 5.91 Å². The maximum absolute atomic E-state index is 12.1. The minimum absolute atomic E-state index is 0.00956. The fraction of sp³-hybridized carbons (Fsp3) is 0.368. The van der Waals surface area contributed by atoms with Crippen LogP contribution in [0, 0.1) is 0 Å². The summed E-state index contributed by atoms with van der Waals surface area (Å²) < 4.78 is 0. The molecule has 0 saturated heterocycles. The van der Waals surface area contributed by atoms with Gasteiger partial charge >= 0.3 is 0 Å². The summed E-state index contributed by atoms with van der Waals surface area (Å²) in [4.78, 5) is 17.7. The van der Waals surface area contributed by atoms with Crippen LogP contribution in [0.1, 0.15) is 25.6 Å². The number of thiophene rings is 1. The molecule has 4 N–H and O–H groups in total. The number of phenolic OH excluding ortho intramolecular Hbond substituents is 1. The summed E-state index contributed by atoms with van der Waals surface area (Å²) >= 11 is 1.73. The zero-order valence-electron chi connectivity index (χ0n) is 15.4. The Kier molecular flexibility index (Phi) is 7.03. The van der Waals surface area contributed by atoms with Gasteiger partial charge in [-0.1, -0.05) is 19.9 Å². The Bertz CT molecular complexity index is 725. The van der Waals surface area contributed by atoms with E-state index in [4.69, 9.17) is 0 Å². The fourth-order valence-electron chi connectivity index (χ4n) is 2.29. The van der Waals surface area contributed by atoms with Gasteiger partial charge in [-0.25, -0.2) is 4.99 Å². The molecule has 1 amide bonds. The Morgan fingerprint density at radius 3 is 2.54 bits per heavy atom. The van der Waals surface area contributed by atoms with E-state index in [1.807, 2.05) is 6.92 Å². The van der Waals surface area contributed by atoms with Crippen molar-refractivity contribution in [1.82, 2.24) is 10.6 Å². The van der Waals surface area contributed by atoms with Crippen LogP contribution in [-0.4, -0.2) is 36.6 Å². The maximum atomic E-state index is 12.1. The van der Waals surface area contributed by atoms with Crippen molar-refractivity contribution in [2.75, 3.05) is 25.0 Å². The van der Waals surface area contributed by atoms with Crippen LogP contribution in [0.25, 0.3) is 0 Å². The molecule has 6 nitrogen and oxygen atoms in total. The zero-order valence-corrected chi connectivity index (χ0v) is 16.2. The van der Waals surface area contributed by atoms with Gasteiger partial charge in [0.25, 0.3) is 0 Å². The number of guanidine groups is 1. The first kappa shape index (κ1) is 19.8. The Labute approximate surface area is 158 Å². The van der Waals surface area contributed by atoms with Gasteiger partial charge in [0.15, 0.2) is 5.96 Å². The van der Waals surface area contributed by atoms with Crippen LogP contribution in [0.4, 0.5) is 5.69 Å². The summed E-state index contributed by atoms with van der Waals surface area (Å²) in [6.45, 7) is 7.76. The average Bonchev–Trinajstić information content (AvgIpc) is 3.15. The predicted octanol–water partition coefficient (Wildman–Crippen LogP) is 2.93. The Balaban J connectivity index is 1.91. The third-order valence-corrected chi connectivity index (χ3v) is 5.00. The van der Waals surface area contributed by atoms with Gasteiger partial charge in [0.1, 0.15) is 12.3 Å². The summed E-state index contributed by atoms with van der Waals surface area (Å²) in [6.07, 6.45) is 0. The number of aliphatic imine (C=N–C) groups is 1. The number of hydrogen-bond donors (Lipinski definition) is 4. The van der Waals surface area contributed by atoms with Gasteiger partial charge in [0.05, 0.1) is 0 Å². The van der Waals surface area contributed by atoms with E-state index in [0.717, 1.165) is 0 Å². The minimum atomic E-state index is -0.217. The van der Waals surface area contributed by atoms with Crippen LogP contribution in [0.15, 0.2) is 46.8 Å². The highest BCUT2D eigenvalue weighted by molar-refractivity contribution is 7.10. The number of rotatable bonds is 7. The molecule has 0 atom stereocenters. The lowest BCUT2D eigenvalue weighted by atomic mass is 9.91. The highest BCUT2D eigenvalue weighted by Gasteiger charge is 2.21. The monoisotopic (exact) mass is 374 g/mol. The van der Waals surface area contributed by atoms with Crippen molar-refractivity contribution >= 4 is 28.9 Å². The molecule has 7 heteroatoms. The lowest BCUT2D eigenvalue weighted by Gasteiger charge is -2.25. The van der Waals surface area contributed by atoms with Crippen molar-refractivity contribution < 1.29 is 9.90 Å². The zero-order chi connectivity index (χ0) is 19.0. The summed E-state index contributed by atoms with van der Waals surface area (Å²) in [6, 6.07) is 10.5. The van der Waals surface area contributed by atoms with Crippen molar-refractivity contribution in [2.45, 2.75) is 26.2 Å². The predicted molar refractivity (Wildman–Crippen MR) is 108 cm³/mol. The smallest absolute Gasteiger partial charge is 0.246 e. The SMILES string of the molecule is CCNC(=NCC(=O)Nc1ccc(O)cc1)NCC(C)(C)c1cccs1. The molecule has 0 aliphatic rings. The quantitative estimate of drug-likeness (QED) is 0.341. The van der Waals surface area contributed by atoms with Gasteiger partial charge in [-0.15, -0.1) is 11.3 Å². The molecule has 0 fully saturated rings. The van der Waals surface area contributed by atoms with Crippen LogP contribution < -0.4 is 16.0 Å². The molecule has 2 rings (SSSR count). The molecule has 0 unspecified atom stereocenters. The molecular weight excluding hydrogens is 348 g/mol.